The van der Waals surface area contributed by atoms with Crippen LogP contribution >= 0.6 is 0 Å². The highest BCUT2D eigenvalue weighted by Gasteiger charge is 2.46. The summed E-state index contributed by atoms with van der Waals surface area (Å²) in [6, 6.07) is 71.6. The number of fused-ring (bicyclic) bond motifs is 6. The first-order chi connectivity index (χ1) is 25.2. The van der Waals surface area contributed by atoms with Crippen LogP contribution in [0.4, 0.5) is 0 Å². The normalized spacial score (nSPS) is 13.0. The number of hydrogen-bond acceptors (Lipinski definition) is 0. The summed E-state index contributed by atoms with van der Waals surface area (Å²) in [6.07, 6.45) is 0. The second-order valence-electron chi connectivity index (χ2n) is 13.7. The van der Waals surface area contributed by atoms with Crippen LogP contribution in [0.3, 0.4) is 0 Å². The molecule has 0 fully saturated rings. The Morgan fingerprint density at radius 3 is 1.76 bits per heavy atom. The maximum Gasteiger partial charge on any atom is 0.0714 e. The standard InChI is InChI=1S/C50H35N/c1-34-15-8-9-22-41(34)37-17-14-16-35(31-37)36-27-30-49-45(32-36)44-24-11-13-26-48(44)51(49)40-28-29-43-42-23-10-12-25-46(42)50(47(43)33-40,38-18-4-2-5-19-38)39-20-6-3-7-21-39/h2-33H,1H3. The van der Waals surface area contributed by atoms with Gasteiger partial charge < -0.3 is 4.57 Å². The summed E-state index contributed by atoms with van der Waals surface area (Å²) >= 11 is 0. The van der Waals surface area contributed by atoms with E-state index in [-0.39, 0.29) is 0 Å². The lowest BCUT2D eigenvalue weighted by molar-refractivity contribution is 0.767. The number of hydrogen-bond donors (Lipinski definition) is 0. The molecular formula is C50H35N. The maximum absolute atomic E-state index is 2.46. The second-order valence-corrected chi connectivity index (χ2v) is 13.7. The van der Waals surface area contributed by atoms with Crippen LogP contribution in [-0.4, -0.2) is 4.57 Å². The van der Waals surface area contributed by atoms with E-state index < -0.39 is 5.41 Å². The fourth-order valence-corrected chi connectivity index (χ4v) is 8.77. The van der Waals surface area contributed by atoms with E-state index in [1.54, 1.807) is 0 Å². The number of aromatic nitrogens is 1. The first-order valence-corrected chi connectivity index (χ1v) is 17.8. The number of nitrogens with zero attached hydrogens (tertiary/aromatic N) is 1. The fraction of sp³-hybridized carbons (Fsp3) is 0.0400. The molecule has 240 valence electrons. The molecule has 0 saturated carbocycles. The Kier molecular flexibility index (Phi) is 6.69. The molecule has 0 atom stereocenters. The van der Waals surface area contributed by atoms with Gasteiger partial charge in [0.1, 0.15) is 0 Å². The minimum atomic E-state index is -0.446. The van der Waals surface area contributed by atoms with Crippen molar-refractivity contribution in [2.24, 2.45) is 0 Å². The molecule has 1 aromatic heterocycles. The van der Waals surface area contributed by atoms with Crippen LogP contribution in [0, 0.1) is 6.92 Å². The van der Waals surface area contributed by atoms with Gasteiger partial charge in [0.05, 0.1) is 16.4 Å². The first-order valence-electron chi connectivity index (χ1n) is 17.8. The monoisotopic (exact) mass is 649 g/mol. The van der Waals surface area contributed by atoms with Crippen molar-refractivity contribution in [1.29, 1.82) is 0 Å². The molecule has 1 aliphatic carbocycles. The smallest absolute Gasteiger partial charge is 0.0714 e. The molecule has 0 bridgehead atoms. The zero-order valence-corrected chi connectivity index (χ0v) is 28.4. The van der Waals surface area contributed by atoms with Crippen LogP contribution in [0.15, 0.2) is 194 Å². The van der Waals surface area contributed by atoms with Crippen LogP contribution in [0.25, 0.3) is 60.9 Å². The first kappa shape index (κ1) is 29.5. The van der Waals surface area contributed by atoms with Crippen molar-refractivity contribution in [2.75, 3.05) is 0 Å². The molecule has 0 spiro atoms. The molecule has 1 heteroatoms. The number of para-hydroxylation sites is 1. The molecular weight excluding hydrogens is 615 g/mol. The molecule has 9 aromatic rings. The van der Waals surface area contributed by atoms with Gasteiger partial charge in [-0.25, -0.2) is 0 Å². The molecule has 1 aliphatic rings. The average molecular weight is 650 g/mol. The summed E-state index contributed by atoms with van der Waals surface area (Å²) < 4.78 is 2.46. The van der Waals surface area contributed by atoms with Crippen LogP contribution in [-0.2, 0) is 5.41 Å². The molecule has 1 nitrogen and oxygen atoms in total. The lowest BCUT2D eigenvalue weighted by Gasteiger charge is -2.34. The van der Waals surface area contributed by atoms with Crippen molar-refractivity contribution in [3.05, 3.63) is 222 Å². The van der Waals surface area contributed by atoms with Gasteiger partial charge in [0.2, 0.25) is 0 Å². The zero-order chi connectivity index (χ0) is 33.9. The predicted molar refractivity (Wildman–Crippen MR) is 214 cm³/mol. The van der Waals surface area contributed by atoms with Gasteiger partial charge >= 0.3 is 0 Å². The van der Waals surface area contributed by atoms with Gasteiger partial charge in [-0.05, 0) is 105 Å². The van der Waals surface area contributed by atoms with Crippen LogP contribution < -0.4 is 0 Å². The van der Waals surface area contributed by atoms with Crippen LogP contribution in [0.2, 0.25) is 0 Å². The molecule has 0 saturated heterocycles. The van der Waals surface area contributed by atoms with E-state index in [1.165, 1.54) is 88.7 Å². The van der Waals surface area contributed by atoms with Crippen molar-refractivity contribution < 1.29 is 0 Å². The van der Waals surface area contributed by atoms with E-state index in [4.69, 9.17) is 0 Å². The maximum atomic E-state index is 2.46. The number of aryl methyl sites for hydroxylation is 1. The van der Waals surface area contributed by atoms with Gasteiger partial charge in [-0.3, -0.25) is 0 Å². The quantitative estimate of drug-likeness (QED) is 0.175. The van der Waals surface area contributed by atoms with Crippen molar-refractivity contribution in [3.8, 4) is 39.1 Å². The third-order valence-corrected chi connectivity index (χ3v) is 11.0. The van der Waals surface area contributed by atoms with Gasteiger partial charge in [-0.1, -0.05) is 158 Å². The highest BCUT2D eigenvalue weighted by molar-refractivity contribution is 6.10. The molecule has 51 heavy (non-hydrogen) atoms. The topological polar surface area (TPSA) is 4.93 Å². The van der Waals surface area contributed by atoms with Gasteiger partial charge in [0, 0.05) is 16.5 Å². The van der Waals surface area contributed by atoms with E-state index >= 15 is 0 Å². The van der Waals surface area contributed by atoms with Gasteiger partial charge in [-0.2, -0.15) is 0 Å². The van der Waals surface area contributed by atoms with Crippen molar-refractivity contribution in [1.82, 2.24) is 4.57 Å². The van der Waals surface area contributed by atoms with E-state index in [2.05, 4.69) is 206 Å². The molecule has 10 rings (SSSR count). The number of rotatable bonds is 5. The van der Waals surface area contributed by atoms with E-state index in [0.717, 1.165) is 0 Å². The second kappa shape index (κ2) is 11.6. The Hall–Kier alpha value is -6.44. The van der Waals surface area contributed by atoms with Crippen molar-refractivity contribution >= 4 is 21.8 Å². The van der Waals surface area contributed by atoms with E-state index in [0.29, 0.717) is 0 Å². The molecule has 8 aromatic carbocycles. The highest BCUT2D eigenvalue weighted by atomic mass is 15.0. The van der Waals surface area contributed by atoms with E-state index in [9.17, 15) is 0 Å². The number of benzene rings is 8. The van der Waals surface area contributed by atoms with Gasteiger partial charge in [-0.15, -0.1) is 0 Å². The summed E-state index contributed by atoms with van der Waals surface area (Å²) in [4.78, 5) is 0. The lowest BCUT2D eigenvalue weighted by Crippen LogP contribution is -2.28. The summed E-state index contributed by atoms with van der Waals surface area (Å²) in [5.41, 5.74) is 17.2. The fourth-order valence-electron chi connectivity index (χ4n) is 8.77. The summed E-state index contributed by atoms with van der Waals surface area (Å²) in [5, 5.41) is 2.51. The zero-order valence-electron chi connectivity index (χ0n) is 28.4. The highest BCUT2D eigenvalue weighted by Crippen LogP contribution is 2.56. The van der Waals surface area contributed by atoms with Crippen molar-refractivity contribution in [3.63, 3.8) is 0 Å². The summed E-state index contributed by atoms with van der Waals surface area (Å²) in [7, 11) is 0. The Balaban J connectivity index is 1.20. The summed E-state index contributed by atoms with van der Waals surface area (Å²) in [6.45, 7) is 2.18. The molecule has 0 aliphatic heterocycles. The predicted octanol–water partition coefficient (Wildman–Crippen LogP) is 12.8. The third kappa shape index (κ3) is 4.41. The van der Waals surface area contributed by atoms with Crippen LogP contribution in [0.5, 0.6) is 0 Å². The Labute approximate surface area is 298 Å². The van der Waals surface area contributed by atoms with Crippen LogP contribution in [0.1, 0.15) is 27.8 Å². The minimum absolute atomic E-state index is 0.446. The molecule has 0 radical (unpaired) electrons. The Bertz CT molecular complexity index is 2710. The van der Waals surface area contributed by atoms with Gasteiger partial charge in [0.15, 0.2) is 0 Å². The molecule has 0 unspecified atom stereocenters. The van der Waals surface area contributed by atoms with E-state index in [1.807, 2.05) is 0 Å². The lowest BCUT2D eigenvalue weighted by atomic mass is 9.67. The average Bonchev–Trinajstić information content (AvgIpc) is 3.69. The SMILES string of the molecule is Cc1ccccc1-c1cccc(-c2ccc3c(c2)c2ccccc2n3-c2ccc3c(c2)C(c2ccccc2)(c2ccccc2)c2ccccc2-3)c1. The molecule has 1 heterocycles. The van der Waals surface area contributed by atoms with Gasteiger partial charge in [0.25, 0.3) is 0 Å². The summed E-state index contributed by atoms with van der Waals surface area (Å²) in [5.74, 6) is 0. The third-order valence-electron chi connectivity index (χ3n) is 11.0. The Morgan fingerprint density at radius 2 is 0.980 bits per heavy atom. The molecule has 0 amide bonds. The Morgan fingerprint density at radius 1 is 0.373 bits per heavy atom. The van der Waals surface area contributed by atoms with Crippen molar-refractivity contribution in [2.45, 2.75) is 12.3 Å². The largest absolute Gasteiger partial charge is 0.309 e. The minimum Gasteiger partial charge on any atom is -0.309 e. The molecule has 0 N–H and O–H groups in total.